The number of carboxylic acid groups (broad SMARTS) is 1. The first-order valence-corrected chi connectivity index (χ1v) is 11.9. The zero-order chi connectivity index (χ0) is 26.4. The molecule has 0 saturated carbocycles. The number of amides is 1. The fourth-order valence-corrected chi connectivity index (χ4v) is 4.30. The van der Waals surface area contributed by atoms with E-state index in [2.05, 4.69) is 0 Å². The number of anilines is 1. The van der Waals surface area contributed by atoms with E-state index < -0.39 is 10.9 Å². The van der Waals surface area contributed by atoms with Gasteiger partial charge < -0.3 is 14.7 Å². The van der Waals surface area contributed by atoms with E-state index in [0.717, 1.165) is 16.5 Å². The number of rotatable bonds is 10. The van der Waals surface area contributed by atoms with Gasteiger partial charge in [0.1, 0.15) is 5.75 Å². The van der Waals surface area contributed by atoms with Crippen LogP contribution in [0, 0.1) is 10.1 Å². The van der Waals surface area contributed by atoms with Crippen LogP contribution in [-0.2, 0) is 11.2 Å². The van der Waals surface area contributed by atoms with E-state index in [9.17, 15) is 19.7 Å². The van der Waals surface area contributed by atoms with Gasteiger partial charge in [0.15, 0.2) is 0 Å². The first kappa shape index (κ1) is 25.4. The highest BCUT2D eigenvalue weighted by molar-refractivity contribution is 6.11. The van der Waals surface area contributed by atoms with Crippen molar-refractivity contribution in [2.24, 2.45) is 0 Å². The number of fused-ring (bicyclic) bond motifs is 1. The number of benzene rings is 4. The Kier molecular flexibility index (Phi) is 7.78. The third-order valence-electron chi connectivity index (χ3n) is 6.06. The van der Waals surface area contributed by atoms with E-state index in [1.54, 1.807) is 35.2 Å². The van der Waals surface area contributed by atoms with Crippen LogP contribution in [0.3, 0.4) is 0 Å². The molecule has 8 heteroatoms. The molecule has 4 aromatic rings. The maximum atomic E-state index is 14.0. The van der Waals surface area contributed by atoms with Crippen molar-refractivity contribution in [1.82, 2.24) is 0 Å². The average molecular weight is 499 g/mol. The normalized spacial score (nSPS) is 10.7. The number of aliphatic carboxylic acids is 1. The molecule has 0 bridgehead atoms. The Balaban J connectivity index is 1.75. The molecular formula is C29H26N2O6. The number of aryl methyl sites for hydroxylation is 1. The molecule has 0 aliphatic rings. The monoisotopic (exact) mass is 498 g/mol. The zero-order valence-corrected chi connectivity index (χ0v) is 20.3. The molecule has 0 spiro atoms. The van der Waals surface area contributed by atoms with Crippen LogP contribution in [0.2, 0.25) is 0 Å². The molecule has 37 heavy (non-hydrogen) atoms. The molecule has 8 nitrogen and oxygen atoms in total. The van der Waals surface area contributed by atoms with Crippen LogP contribution in [0.4, 0.5) is 11.4 Å². The van der Waals surface area contributed by atoms with Gasteiger partial charge in [-0.2, -0.15) is 0 Å². The molecule has 0 radical (unpaired) electrons. The summed E-state index contributed by atoms with van der Waals surface area (Å²) in [4.78, 5) is 37.6. The molecule has 0 fully saturated rings. The molecule has 4 aromatic carbocycles. The van der Waals surface area contributed by atoms with E-state index in [-0.39, 0.29) is 29.5 Å². The molecule has 0 aliphatic heterocycles. The Labute approximate surface area is 213 Å². The van der Waals surface area contributed by atoms with Crippen molar-refractivity contribution in [2.45, 2.75) is 26.2 Å². The molecule has 1 amide bonds. The lowest BCUT2D eigenvalue weighted by molar-refractivity contribution is -0.385. The summed E-state index contributed by atoms with van der Waals surface area (Å²) in [6.45, 7) is 2.29. The molecule has 0 heterocycles. The number of carbonyl (C=O) groups excluding carboxylic acids is 1. The van der Waals surface area contributed by atoms with E-state index >= 15 is 0 Å². The molecule has 4 rings (SSSR count). The standard InChI is InChI=1S/C29H26N2O6/c1-2-30(25-14-7-10-20-9-3-4-12-23(20)25)29(34)24-19-22(18-17-21(24)11-8-16-28(32)33)37-27-15-6-5-13-26(27)31(35)36/h3-7,9-10,12-15,17-19H,2,8,11,16H2,1H3,(H,32,33). The number of carbonyl (C=O) groups is 2. The highest BCUT2D eigenvalue weighted by Gasteiger charge is 2.23. The Morgan fingerprint density at radius 1 is 0.973 bits per heavy atom. The number of ether oxygens (including phenoxy) is 1. The maximum absolute atomic E-state index is 14.0. The van der Waals surface area contributed by atoms with Crippen molar-refractivity contribution in [3.63, 3.8) is 0 Å². The van der Waals surface area contributed by atoms with Gasteiger partial charge in [-0.25, -0.2) is 0 Å². The van der Waals surface area contributed by atoms with Crippen LogP contribution in [0.25, 0.3) is 10.8 Å². The van der Waals surface area contributed by atoms with E-state index in [1.165, 1.54) is 12.1 Å². The fourth-order valence-electron chi connectivity index (χ4n) is 4.30. The number of hydrogen-bond acceptors (Lipinski definition) is 5. The van der Waals surface area contributed by atoms with Crippen molar-refractivity contribution >= 4 is 34.0 Å². The van der Waals surface area contributed by atoms with Crippen LogP contribution < -0.4 is 9.64 Å². The van der Waals surface area contributed by atoms with Gasteiger partial charge in [0.25, 0.3) is 5.91 Å². The smallest absolute Gasteiger partial charge is 0.311 e. The average Bonchev–Trinajstić information content (AvgIpc) is 2.90. The molecule has 0 saturated heterocycles. The summed E-state index contributed by atoms with van der Waals surface area (Å²) in [6.07, 6.45) is 0.718. The Morgan fingerprint density at radius 3 is 2.46 bits per heavy atom. The number of nitro groups is 1. The topological polar surface area (TPSA) is 110 Å². The molecule has 1 N–H and O–H groups in total. The summed E-state index contributed by atoms with van der Waals surface area (Å²) in [7, 11) is 0. The molecule has 188 valence electrons. The molecule has 0 atom stereocenters. The summed E-state index contributed by atoms with van der Waals surface area (Å²) in [5.41, 5.74) is 1.61. The third kappa shape index (κ3) is 5.75. The van der Waals surface area contributed by atoms with Gasteiger partial charge in [-0.3, -0.25) is 19.7 Å². The number of nitro benzene ring substituents is 1. The van der Waals surface area contributed by atoms with Gasteiger partial charge in [0, 0.05) is 30.0 Å². The van der Waals surface area contributed by atoms with Crippen LogP contribution in [0.15, 0.2) is 84.9 Å². The fraction of sp³-hybridized carbons (Fsp3) is 0.172. The van der Waals surface area contributed by atoms with Crippen molar-refractivity contribution < 1.29 is 24.4 Å². The Hall–Kier alpha value is -4.72. The zero-order valence-electron chi connectivity index (χ0n) is 20.3. The van der Waals surface area contributed by atoms with Gasteiger partial charge >= 0.3 is 11.7 Å². The quantitative estimate of drug-likeness (QED) is 0.194. The summed E-state index contributed by atoms with van der Waals surface area (Å²) < 4.78 is 5.84. The van der Waals surface area contributed by atoms with Crippen molar-refractivity contribution in [1.29, 1.82) is 0 Å². The number of hydrogen-bond donors (Lipinski definition) is 1. The lowest BCUT2D eigenvalue weighted by Gasteiger charge is -2.24. The SMILES string of the molecule is CCN(C(=O)c1cc(Oc2ccccc2[N+](=O)[O-])ccc1CCCC(=O)O)c1cccc2ccccc12. The highest BCUT2D eigenvalue weighted by atomic mass is 16.6. The van der Waals surface area contributed by atoms with Crippen LogP contribution in [0.5, 0.6) is 11.5 Å². The highest BCUT2D eigenvalue weighted by Crippen LogP contribution is 2.33. The summed E-state index contributed by atoms with van der Waals surface area (Å²) in [5.74, 6) is -0.841. The van der Waals surface area contributed by atoms with Gasteiger partial charge in [0.2, 0.25) is 5.75 Å². The minimum absolute atomic E-state index is 0.0249. The summed E-state index contributed by atoms with van der Waals surface area (Å²) in [5, 5.41) is 22.4. The van der Waals surface area contributed by atoms with Crippen LogP contribution in [0.1, 0.15) is 35.7 Å². The van der Waals surface area contributed by atoms with E-state index in [0.29, 0.717) is 30.5 Å². The molecule has 0 aliphatic carbocycles. The van der Waals surface area contributed by atoms with Crippen molar-refractivity contribution in [3.8, 4) is 11.5 Å². The maximum Gasteiger partial charge on any atom is 0.311 e. The summed E-state index contributed by atoms with van der Waals surface area (Å²) in [6, 6.07) is 24.5. The van der Waals surface area contributed by atoms with E-state index in [4.69, 9.17) is 9.84 Å². The van der Waals surface area contributed by atoms with Gasteiger partial charge in [-0.05, 0) is 55.0 Å². The second kappa shape index (κ2) is 11.3. The van der Waals surface area contributed by atoms with Crippen LogP contribution in [-0.4, -0.2) is 28.5 Å². The van der Waals surface area contributed by atoms with Gasteiger partial charge in [-0.1, -0.05) is 54.6 Å². The minimum atomic E-state index is -0.907. The molecular weight excluding hydrogens is 472 g/mol. The first-order valence-electron chi connectivity index (χ1n) is 11.9. The van der Waals surface area contributed by atoms with Crippen molar-refractivity contribution in [2.75, 3.05) is 11.4 Å². The van der Waals surface area contributed by atoms with E-state index in [1.807, 2.05) is 49.4 Å². The lowest BCUT2D eigenvalue weighted by Crippen LogP contribution is -2.31. The van der Waals surface area contributed by atoms with Gasteiger partial charge in [0.05, 0.1) is 10.6 Å². The summed E-state index contributed by atoms with van der Waals surface area (Å²) >= 11 is 0. The number of carboxylic acids is 1. The molecule has 0 aromatic heterocycles. The third-order valence-corrected chi connectivity index (χ3v) is 6.06. The van der Waals surface area contributed by atoms with Crippen molar-refractivity contribution in [3.05, 3.63) is 106 Å². The largest absolute Gasteiger partial charge is 0.481 e. The van der Waals surface area contributed by atoms with Crippen LogP contribution >= 0.6 is 0 Å². The van der Waals surface area contributed by atoms with Gasteiger partial charge in [-0.15, -0.1) is 0 Å². The lowest BCUT2D eigenvalue weighted by atomic mass is 9.99. The number of para-hydroxylation sites is 2. The minimum Gasteiger partial charge on any atom is -0.481 e. The second-order valence-corrected chi connectivity index (χ2v) is 8.44. The predicted molar refractivity (Wildman–Crippen MR) is 141 cm³/mol. The Bertz CT molecular complexity index is 1460. The Morgan fingerprint density at radius 2 is 1.70 bits per heavy atom. The molecule has 0 unspecified atom stereocenters. The first-order chi connectivity index (χ1) is 17.9. The number of nitrogens with zero attached hydrogens (tertiary/aromatic N) is 2. The second-order valence-electron chi connectivity index (χ2n) is 8.44. The predicted octanol–water partition coefficient (Wildman–Crippen LogP) is 6.61.